The summed E-state index contributed by atoms with van der Waals surface area (Å²) in [6, 6.07) is 1.74. The summed E-state index contributed by atoms with van der Waals surface area (Å²) < 4.78 is 7.14. The number of nitrogens with zero attached hydrogens (tertiary/aromatic N) is 5. The molecule has 8 heteroatoms. The maximum absolute atomic E-state index is 12.9. The lowest BCUT2D eigenvalue weighted by Gasteiger charge is -2.35. The van der Waals surface area contributed by atoms with Gasteiger partial charge in [0.05, 0.1) is 24.8 Å². The minimum absolute atomic E-state index is 0.181. The molecule has 2 saturated heterocycles. The van der Waals surface area contributed by atoms with Crippen LogP contribution < -0.4 is 5.32 Å². The molecule has 0 aliphatic carbocycles. The van der Waals surface area contributed by atoms with Gasteiger partial charge in [-0.05, 0) is 18.9 Å². The number of rotatable bonds is 5. The van der Waals surface area contributed by atoms with Gasteiger partial charge in [-0.1, -0.05) is 0 Å². The summed E-state index contributed by atoms with van der Waals surface area (Å²) in [7, 11) is 1.87. The summed E-state index contributed by atoms with van der Waals surface area (Å²) in [4.78, 5) is 21.7. The molecule has 0 aromatic carbocycles. The Bertz CT molecular complexity index is 770. The van der Waals surface area contributed by atoms with Crippen molar-refractivity contribution in [3.8, 4) is 0 Å². The van der Waals surface area contributed by atoms with Crippen molar-refractivity contribution in [3.63, 3.8) is 0 Å². The van der Waals surface area contributed by atoms with E-state index in [0.29, 0.717) is 0 Å². The molecule has 0 radical (unpaired) electrons. The van der Waals surface area contributed by atoms with Crippen LogP contribution in [-0.2, 0) is 16.6 Å². The average Bonchev–Trinajstić information content (AvgIpc) is 3.05. The third kappa shape index (κ3) is 3.52. The lowest BCUT2D eigenvalue weighted by atomic mass is 10.0. The highest BCUT2D eigenvalue weighted by Crippen LogP contribution is 2.24. The summed E-state index contributed by atoms with van der Waals surface area (Å²) >= 11 is 0. The van der Waals surface area contributed by atoms with Gasteiger partial charge in [0, 0.05) is 51.7 Å². The van der Waals surface area contributed by atoms with Gasteiger partial charge in [0.2, 0.25) is 5.91 Å². The Morgan fingerprint density at radius 3 is 2.96 bits per heavy atom. The number of fused-ring (bicyclic) bond motifs is 1. The SMILES string of the molecule is Cn1ncc2c(NC3CCCN(CCN4CCOCC4)C3=O)ccnc21. The lowest BCUT2D eigenvalue weighted by Crippen LogP contribution is -2.50. The Morgan fingerprint density at radius 2 is 2.12 bits per heavy atom. The summed E-state index contributed by atoms with van der Waals surface area (Å²) in [6.07, 6.45) is 5.44. The van der Waals surface area contributed by atoms with Gasteiger partial charge < -0.3 is 15.0 Å². The summed E-state index contributed by atoms with van der Waals surface area (Å²) in [5.74, 6) is 0.193. The number of carbonyl (C=O) groups is 1. The Balaban J connectivity index is 1.40. The van der Waals surface area contributed by atoms with E-state index in [1.165, 1.54) is 0 Å². The first-order valence-electron chi connectivity index (χ1n) is 9.34. The van der Waals surface area contributed by atoms with Gasteiger partial charge in [0.15, 0.2) is 5.65 Å². The molecule has 0 bridgehead atoms. The fourth-order valence-electron chi connectivity index (χ4n) is 3.74. The largest absolute Gasteiger partial charge is 0.379 e. The van der Waals surface area contributed by atoms with Crippen LogP contribution in [0.25, 0.3) is 11.0 Å². The lowest BCUT2D eigenvalue weighted by molar-refractivity contribution is -0.134. The number of aryl methyl sites for hydroxylation is 1. The zero-order valence-electron chi connectivity index (χ0n) is 15.2. The highest BCUT2D eigenvalue weighted by Gasteiger charge is 2.29. The number of anilines is 1. The number of hydrogen-bond donors (Lipinski definition) is 1. The van der Waals surface area contributed by atoms with E-state index >= 15 is 0 Å². The molecule has 2 aromatic rings. The summed E-state index contributed by atoms with van der Waals surface area (Å²) in [6.45, 7) is 6.06. The first kappa shape index (κ1) is 17.2. The summed E-state index contributed by atoms with van der Waals surface area (Å²) in [5.41, 5.74) is 1.75. The molecule has 1 atom stereocenters. The number of piperidine rings is 1. The van der Waals surface area contributed by atoms with Crippen LogP contribution in [0.5, 0.6) is 0 Å². The standard InChI is InChI=1S/C18H26N6O2/c1-22-17-14(13-20-22)15(4-5-19-17)21-16-3-2-6-24(18(16)25)8-7-23-9-11-26-12-10-23/h4-5,13,16H,2-3,6-12H2,1H3,(H,19,21). The zero-order valence-corrected chi connectivity index (χ0v) is 15.2. The van der Waals surface area contributed by atoms with Crippen molar-refractivity contribution in [3.05, 3.63) is 18.5 Å². The molecule has 2 fully saturated rings. The normalized spacial score (nSPS) is 22.1. The Hall–Kier alpha value is -2.19. The van der Waals surface area contributed by atoms with Gasteiger partial charge >= 0.3 is 0 Å². The second kappa shape index (κ2) is 7.59. The van der Waals surface area contributed by atoms with Crippen molar-refractivity contribution in [2.75, 3.05) is 51.3 Å². The molecule has 4 rings (SSSR count). The number of morpholine rings is 1. The van der Waals surface area contributed by atoms with E-state index in [1.54, 1.807) is 17.1 Å². The monoisotopic (exact) mass is 358 g/mol. The first-order chi connectivity index (χ1) is 12.7. The predicted molar refractivity (Wildman–Crippen MR) is 99.0 cm³/mol. The number of amides is 1. The molecule has 2 aromatic heterocycles. The number of ether oxygens (including phenoxy) is 1. The predicted octanol–water partition coefficient (Wildman–Crippen LogP) is 0.703. The number of pyridine rings is 1. The highest BCUT2D eigenvalue weighted by atomic mass is 16.5. The minimum atomic E-state index is -0.181. The third-order valence-corrected chi connectivity index (χ3v) is 5.29. The van der Waals surface area contributed by atoms with E-state index in [-0.39, 0.29) is 11.9 Å². The van der Waals surface area contributed by atoms with Crippen LogP contribution in [0.4, 0.5) is 5.69 Å². The topological polar surface area (TPSA) is 75.5 Å². The van der Waals surface area contributed by atoms with Gasteiger partial charge in [-0.2, -0.15) is 5.10 Å². The Kier molecular flexibility index (Phi) is 5.03. The van der Waals surface area contributed by atoms with Crippen LogP contribution in [-0.4, -0.2) is 82.5 Å². The second-order valence-corrected chi connectivity index (χ2v) is 6.98. The van der Waals surface area contributed by atoms with Gasteiger partial charge in [-0.25, -0.2) is 4.98 Å². The summed E-state index contributed by atoms with van der Waals surface area (Å²) in [5, 5.41) is 8.66. The maximum atomic E-state index is 12.9. The van der Waals surface area contributed by atoms with Gasteiger partial charge in [-0.3, -0.25) is 14.4 Å². The quantitative estimate of drug-likeness (QED) is 0.848. The fourth-order valence-corrected chi connectivity index (χ4v) is 3.74. The van der Waals surface area contributed by atoms with Gasteiger partial charge in [0.25, 0.3) is 0 Å². The molecule has 0 saturated carbocycles. The molecule has 1 amide bonds. The number of aromatic nitrogens is 3. The van der Waals surface area contributed by atoms with E-state index < -0.39 is 0 Å². The molecular weight excluding hydrogens is 332 g/mol. The van der Waals surface area contributed by atoms with Gasteiger partial charge in [0.1, 0.15) is 6.04 Å². The van der Waals surface area contributed by atoms with Crippen LogP contribution in [0.15, 0.2) is 18.5 Å². The van der Waals surface area contributed by atoms with Crippen LogP contribution in [0.3, 0.4) is 0 Å². The third-order valence-electron chi connectivity index (χ3n) is 5.29. The number of likely N-dealkylation sites (tertiary alicyclic amines) is 1. The van der Waals surface area contributed by atoms with Crippen LogP contribution >= 0.6 is 0 Å². The van der Waals surface area contributed by atoms with E-state index in [4.69, 9.17) is 4.74 Å². The maximum Gasteiger partial charge on any atom is 0.245 e. The van der Waals surface area contributed by atoms with E-state index in [0.717, 1.165) is 75.5 Å². The molecule has 4 heterocycles. The molecule has 2 aliphatic rings. The van der Waals surface area contributed by atoms with E-state index in [9.17, 15) is 4.79 Å². The second-order valence-electron chi connectivity index (χ2n) is 6.98. The fraction of sp³-hybridized carbons (Fsp3) is 0.611. The average molecular weight is 358 g/mol. The molecule has 2 aliphatic heterocycles. The van der Waals surface area contributed by atoms with Crippen molar-refractivity contribution in [1.29, 1.82) is 0 Å². The molecule has 1 N–H and O–H groups in total. The smallest absolute Gasteiger partial charge is 0.245 e. The Morgan fingerprint density at radius 1 is 1.27 bits per heavy atom. The van der Waals surface area contributed by atoms with Crippen molar-refractivity contribution >= 4 is 22.6 Å². The molecule has 0 spiro atoms. The number of carbonyl (C=O) groups excluding carboxylic acids is 1. The van der Waals surface area contributed by atoms with Crippen molar-refractivity contribution in [1.82, 2.24) is 24.6 Å². The van der Waals surface area contributed by atoms with Crippen LogP contribution in [0.1, 0.15) is 12.8 Å². The molecule has 8 nitrogen and oxygen atoms in total. The van der Waals surface area contributed by atoms with Gasteiger partial charge in [-0.15, -0.1) is 0 Å². The molecule has 140 valence electrons. The van der Waals surface area contributed by atoms with E-state index in [2.05, 4.69) is 20.3 Å². The molecule has 26 heavy (non-hydrogen) atoms. The van der Waals surface area contributed by atoms with Crippen molar-refractivity contribution < 1.29 is 9.53 Å². The van der Waals surface area contributed by atoms with Crippen LogP contribution in [0, 0.1) is 0 Å². The highest BCUT2D eigenvalue weighted by molar-refractivity contribution is 5.92. The van der Waals surface area contributed by atoms with Crippen molar-refractivity contribution in [2.45, 2.75) is 18.9 Å². The number of hydrogen-bond acceptors (Lipinski definition) is 6. The van der Waals surface area contributed by atoms with E-state index in [1.807, 2.05) is 18.0 Å². The molecular formula is C18H26N6O2. The Labute approximate surface area is 153 Å². The van der Waals surface area contributed by atoms with Crippen LogP contribution in [0.2, 0.25) is 0 Å². The number of nitrogens with one attached hydrogen (secondary N) is 1. The molecule has 1 unspecified atom stereocenters. The first-order valence-corrected chi connectivity index (χ1v) is 9.34. The zero-order chi connectivity index (χ0) is 17.9. The minimum Gasteiger partial charge on any atom is -0.379 e. The van der Waals surface area contributed by atoms with Crippen molar-refractivity contribution in [2.24, 2.45) is 7.05 Å².